The highest BCUT2D eigenvalue weighted by molar-refractivity contribution is 7.89. The van der Waals surface area contributed by atoms with Gasteiger partial charge >= 0.3 is 0 Å². The van der Waals surface area contributed by atoms with E-state index in [0.29, 0.717) is 30.3 Å². The SMILES string of the molecule is Cc1ccc(C)c(S(=O)(=O)N2CCC(Oc3ccc(N(C)C)nn3)C2)c1. The molecule has 8 heteroatoms. The Morgan fingerprint density at radius 1 is 1.15 bits per heavy atom. The molecule has 3 rings (SSSR count). The summed E-state index contributed by atoms with van der Waals surface area (Å²) in [7, 11) is 0.248. The summed E-state index contributed by atoms with van der Waals surface area (Å²) in [5.74, 6) is 1.15. The van der Waals surface area contributed by atoms with Gasteiger partial charge in [0, 0.05) is 26.7 Å². The zero-order valence-corrected chi connectivity index (χ0v) is 16.3. The highest BCUT2D eigenvalue weighted by atomic mass is 32.2. The van der Waals surface area contributed by atoms with E-state index in [9.17, 15) is 8.42 Å². The molecule has 1 aliphatic rings. The number of hydrogen-bond donors (Lipinski definition) is 0. The van der Waals surface area contributed by atoms with Crippen LogP contribution in [0.5, 0.6) is 5.88 Å². The number of ether oxygens (including phenoxy) is 1. The van der Waals surface area contributed by atoms with E-state index in [1.807, 2.05) is 51.0 Å². The quantitative estimate of drug-likeness (QED) is 0.794. The Kier molecular flexibility index (Phi) is 5.15. The van der Waals surface area contributed by atoms with Gasteiger partial charge in [-0.2, -0.15) is 4.31 Å². The summed E-state index contributed by atoms with van der Waals surface area (Å²) in [6, 6.07) is 9.06. The summed E-state index contributed by atoms with van der Waals surface area (Å²) in [4.78, 5) is 2.22. The van der Waals surface area contributed by atoms with Crippen LogP contribution in [0, 0.1) is 13.8 Å². The van der Waals surface area contributed by atoms with Crippen molar-refractivity contribution in [2.24, 2.45) is 0 Å². The van der Waals surface area contributed by atoms with Crippen LogP contribution in [0.25, 0.3) is 0 Å². The lowest BCUT2D eigenvalue weighted by molar-refractivity contribution is 0.204. The molecule has 2 aromatic rings. The molecule has 0 saturated carbocycles. The minimum absolute atomic E-state index is 0.227. The van der Waals surface area contributed by atoms with Gasteiger partial charge in [-0.15, -0.1) is 10.2 Å². The maximum atomic E-state index is 13.0. The Hall–Kier alpha value is -2.19. The first-order chi connectivity index (χ1) is 12.3. The topological polar surface area (TPSA) is 75.6 Å². The van der Waals surface area contributed by atoms with Gasteiger partial charge in [0.15, 0.2) is 5.82 Å². The third-order valence-electron chi connectivity index (χ3n) is 4.44. The average Bonchev–Trinajstić information content (AvgIpc) is 3.07. The van der Waals surface area contributed by atoms with E-state index >= 15 is 0 Å². The fourth-order valence-electron chi connectivity index (χ4n) is 2.92. The summed E-state index contributed by atoms with van der Waals surface area (Å²) in [6.45, 7) is 4.46. The van der Waals surface area contributed by atoms with Gasteiger partial charge in [0.05, 0.1) is 11.4 Å². The Balaban J connectivity index is 1.70. The van der Waals surface area contributed by atoms with Crippen LogP contribution < -0.4 is 9.64 Å². The number of benzene rings is 1. The van der Waals surface area contributed by atoms with Crippen LogP contribution in [-0.4, -0.2) is 56.2 Å². The highest BCUT2D eigenvalue weighted by Crippen LogP contribution is 2.26. The standard InChI is InChI=1S/C18H24N4O3S/c1-13-5-6-14(2)16(11-13)26(23,24)22-10-9-15(12-22)25-18-8-7-17(19-20-18)21(3)4/h5-8,11,15H,9-10,12H2,1-4H3. The molecular formula is C18H24N4O3S. The predicted molar refractivity (Wildman–Crippen MR) is 100 cm³/mol. The summed E-state index contributed by atoms with van der Waals surface area (Å²) in [6.07, 6.45) is 0.399. The highest BCUT2D eigenvalue weighted by Gasteiger charge is 2.34. The Morgan fingerprint density at radius 2 is 1.92 bits per heavy atom. The summed E-state index contributed by atoms with van der Waals surface area (Å²) in [5, 5.41) is 8.13. The lowest BCUT2D eigenvalue weighted by Crippen LogP contribution is -2.31. The van der Waals surface area contributed by atoms with Gasteiger partial charge in [0.1, 0.15) is 6.10 Å². The van der Waals surface area contributed by atoms with E-state index in [2.05, 4.69) is 10.2 Å². The molecule has 0 bridgehead atoms. The van der Waals surface area contributed by atoms with E-state index in [1.54, 1.807) is 12.1 Å². The van der Waals surface area contributed by atoms with Gasteiger partial charge in [-0.25, -0.2) is 8.42 Å². The van der Waals surface area contributed by atoms with Gasteiger partial charge in [-0.05, 0) is 43.5 Å². The zero-order chi connectivity index (χ0) is 18.9. The molecule has 140 valence electrons. The smallest absolute Gasteiger partial charge is 0.243 e. The maximum Gasteiger partial charge on any atom is 0.243 e. The lowest BCUT2D eigenvalue weighted by Gasteiger charge is -2.18. The van der Waals surface area contributed by atoms with Crippen molar-refractivity contribution in [3.8, 4) is 5.88 Å². The second kappa shape index (κ2) is 7.20. The van der Waals surface area contributed by atoms with Crippen molar-refractivity contribution in [1.82, 2.24) is 14.5 Å². The molecule has 0 N–H and O–H groups in total. The largest absolute Gasteiger partial charge is 0.472 e. The van der Waals surface area contributed by atoms with Gasteiger partial charge in [0.2, 0.25) is 15.9 Å². The van der Waals surface area contributed by atoms with Crippen LogP contribution in [0.1, 0.15) is 17.5 Å². The normalized spacial score (nSPS) is 18.1. The van der Waals surface area contributed by atoms with Crippen LogP contribution in [0.2, 0.25) is 0 Å². The molecular weight excluding hydrogens is 352 g/mol. The summed E-state index contributed by atoms with van der Waals surface area (Å²) < 4.78 is 33.2. The molecule has 0 amide bonds. The van der Waals surface area contributed by atoms with Gasteiger partial charge in [-0.3, -0.25) is 0 Å². The number of hydrogen-bond acceptors (Lipinski definition) is 6. The van der Waals surface area contributed by atoms with E-state index in [0.717, 1.165) is 16.9 Å². The van der Waals surface area contributed by atoms with Crippen molar-refractivity contribution in [3.05, 3.63) is 41.5 Å². The van der Waals surface area contributed by atoms with Crippen LogP contribution >= 0.6 is 0 Å². The Morgan fingerprint density at radius 3 is 2.58 bits per heavy atom. The summed E-state index contributed by atoms with van der Waals surface area (Å²) >= 11 is 0. The van der Waals surface area contributed by atoms with Crippen molar-refractivity contribution in [3.63, 3.8) is 0 Å². The van der Waals surface area contributed by atoms with E-state index < -0.39 is 10.0 Å². The number of anilines is 1. The van der Waals surface area contributed by atoms with E-state index in [-0.39, 0.29) is 6.10 Å². The zero-order valence-electron chi connectivity index (χ0n) is 15.5. The van der Waals surface area contributed by atoms with Crippen molar-refractivity contribution in [2.45, 2.75) is 31.3 Å². The van der Waals surface area contributed by atoms with Gasteiger partial charge < -0.3 is 9.64 Å². The third-order valence-corrected chi connectivity index (χ3v) is 6.45. The molecule has 0 aliphatic carbocycles. The number of aryl methyl sites for hydroxylation is 2. The lowest BCUT2D eigenvalue weighted by atomic mass is 10.2. The van der Waals surface area contributed by atoms with Crippen LogP contribution in [0.15, 0.2) is 35.2 Å². The second-order valence-corrected chi connectivity index (χ2v) is 8.69. The third kappa shape index (κ3) is 3.81. The van der Waals surface area contributed by atoms with Gasteiger partial charge in [0.25, 0.3) is 0 Å². The molecule has 1 unspecified atom stereocenters. The van der Waals surface area contributed by atoms with E-state index in [1.165, 1.54) is 4.31 Å². The first-order valence-corrected chi connectivity index (χ1v) is 9.96. The molecule has 1 aromatic heterocycles. The van der Waals surface area contributed by atoms with Gasteiger partial charge in [-0.1, -0.05) is 12.1 Å². The molecule has 7 nitrogen and oxygen atoms in total. The molecule has 0 spiro atoms. The van der Waals surface area contributed by atoms with Crippen molar-refractivity contribution >= 4 is 15.8 Å². The molecule has 1 aromatic carbocycles. The molecule has 1 saturated heterocycles. The van der Waals surface area contributed by atoms with Crippen LogP contribution in [0.3, 0.4) is 0 Å². The summed E-state index contributed by atoms with van der Waals surface area (Å²) in [5.41, 5.74) is 1.68. The average molecular weight is 376 g/mol. The predicted octanol–water partition coefficient (Wildman–Crippen LogP) is 2.00. The minimum atomic E-state index is -3.52. The Bertz CT molecular complexity index is 882. The van der Waals surface area contributed by atoms with Crippen molar-refractivity contribution in [2.75, 3.05) is 32.1 Å². The maximum absolute atomic E-state index is 13.0. The first-order valence-electron chi connectivity index (χ1n) is 8.52. The van der Waals surface area contributed by atoms with Crippen LogP contribution in [0.4, 0.5) is 5.82 Å². The first kappa shape index (κ1) is 18.6. The number of nitrogens with zero attached hydrogens (tertiary/aromatic N) is 4. The molecule has 1 aliphatic heterocycles. The molecule has 0 radical (unpaired) electrons. The van der Waals surface area contributed by atoms with Crippen molar-refractivity contribution in [1.29, 1.82) is 0 Å². The second-order valence-electron chi connectivity index (χ2n) is 6.78. The monoisotopic (exact) mass is 376 g/mol. The molecule has 1 fully saturated rings. The molecule has 26 heavy (non-hydrogen) atoms. The fraction of sp³-hybridized carbons (Fsp3) is 0.444. The fourth-order valence-corrected chi connectivity index (χ4v) is 4.72. The Labute approximate surface area is 154 Å². The van der Waals surface area contributed by atoms with E-state index in [4.69, 9.17) is 4.74 Å². The molecule has 1 atom stereocenters. The van der Waals surface area contributed by atoms with Crippen LogP contribution in [-0.2, 0) is 10.0 Å². The van der Waals surface area contributed by atoms with Crippen molar-refractivity contribution < 1.29 is 13.2 Å². The number of rotatable bonds is 5. The number of aromatic nitrogens is 2. The number of sulfonamides is 1. The molecule has 2 heterocycles. The minimum Gasteiger partial charge on any atom is -0.472 e.